The lowest BCUT2D eigenvalue weighted by atomic mass is 9.99. The van der Waals surface area contributed by atoms with Crippen LogP contribution in [0, 0.1) is 13.8 Å². The van der Waals surface area contributed by atoms with Crippen molar-refractivity contribution in [1.82, 2.24) is 9.88 Å². The number of thiazole rings is 1. The maximum atomic E-state index is 12.7. The number of ether oxygens (including phenoxy) is 1. The second-order valence-corrected chi connectivity index (χ2v) is 8.66. The Labute approximate surface area is 174 Å². The number of hydrogen-bond acceptors (Lipinski definition) is 5. The topological polar surface area (TPSA) is 59.5 Å². The van der Waals surface area contributed by atoms with Gasteiger partial charge in [-0.05, 0) is 50.5 Å². The van der Waals surface area contributed by atoms with E-state index < -0.39 is 5.97 Å². The Morgan fingerprint density at radius 3 is 2.86 bits per heavy atom. The molecule has 0 unspecified atom stereocenters. The molecule has 1 fully saturated rings. The molecule has 2 aromatic carbocycles. The summed E-state index contributed by atoms with van der Waals surface area (Å²) < 4.78 is 6.50. The van der Waals surface area contributed by atoms with Crippen LogP contribution in [0.3, 0.4) is 0 Å². The Balaban J connectivity index is 1.38. The molecule has 3 aromatic rings. The molecular weight excluding hydrogens is 384 g/mol. The summed E-state index contributed by atoms with van der Waals surface area (Å²) in [5.74, 6) is -0.353. The van der Waals surface area contributed by atoms with E-state index >= 15 is 0 Å². The number of piperidine rings is 1. The standard InChI is InChI=1S/C23H24N2O3S/c1-15-9-10-16(2)18(12-15)23(27)28-14-21(26)25-11-5-6-17(13-25)22-24-19-7-3-4-8-20(19)29-22/h3-4,7-10,12,17H,5-6,11,13-14H2,1-2H3/t17-/m0/s1. The van der Waals surface area contributed by atoms with Crippen molar-refractivity contribution in [3.05, 3.63) is 64.2 Å². The van der Waals surface area contributed by atoms with Gasteiger partial charge in [-0.2, -0.15) is 0 Å². The summed E-state index contributed by atoms with van der Waals surface area (Å²) in [7, 11) is 0. The Morgan fingerprint density at radius 2 is 2.03 bits per heavy atom. The molecule has 0 saturated carbocycles. The zero-order valence-electron chi connectivity index (χ0n) is 16.7. The number of benzene rings is 2. The zero-order valence-corrected chi connectivity index (χ0v) is 17.5. The molecule has 1 aliphatic rings. The molecule has 2 heterocycles. The Morgan fingerprint density at radius 1 is 1.21 bits per heavy atom. The summed E-state index contributed by atoms with van der Waals surface area (Å²) in [5, 5.41) is 1.08. The molecule has 6 heteroatoms. The number of likely N-dealkylation sites (tertiary alicyclic amines) is 1. The van der Waals surface area contributed by atoms with Crippen LogP contribution in [0.1, 0.15) is 45.3 Å². The van der Waals surface area contributed by atoms with Gasteiger partial charge in [0.1, 0.15) is 0 Å². The first-order chi connectivity index (χ1) is 14.0. The number of aromatic nitrogens is 1. The smallest absolute Gasteiger partial charge is 0.338 e. The molecular formula is C23H24N2O3S. The summed E-state index contributed by atoms with van der Waals surface area (Å²) >= 11 is 1.70. The number of esters is 1. The van der Waals surface area contributed by atoms with Gasteiger partial charge in [0, 0.05) is 19.0 Å². The van der Waals surface area contributed by atoms with Gasteiger partial charge in [0.05, 0.1) is 20.8 Å². The molecule has 1 amide bonds. The van der Waals surface area contributed by atoms with Crippen LogP contribution in [0.25, 0.3) is 10.2 Å². The summed E-state index contributed by atoms with van der Waals surface area (Å²) in [6.45, 7) is 4.89. The van der Waals surface area contributed by atoms with E-state index in [9.17, 15) is 9.59 Å². The van der Waals surface area contributed by atoms with E-state index in [2.05, 4.69) is 6.07 Å². The SMILES string of the molecule is Cc1ccc(C)c(C(=O)OCC(=O)N2CCC[C@H](c3nc4ccccc4s3)C2)c1. The molecule has 1 atom stereocenters. The van der Waals surface area contributed by atoms with Gasteiger partial charge in [-0.15, -0.1) is 11.3 Å². The van der Waals surface area contributed by atoms with Crippen molar-refractivity contribution in [2.24, 2.45) is 0 Å². The fraction of sp³-hybridized carbons (Fsp3) is 0.348. The number of nitrogens with zero attached hydrogens (tertiary/aromatic N) is 2. The third-order valence-electron chi connectivity index (χ3n) is 5.37. The van der Waals surface area contributed by atoms with Gasteiger partial charge in [-0.1, -0.05) is 29.8 Å². The van der Waals surface area contributed by atoms with E-state index in [0.717, 1.165) is 34.5 Å². The normalized spacial score (nSPS) is 16.8. The van der Waals surface area contributed by atoms with Gasteiger partial charge in [-0.25, -0.2) is 9.78 Å². The zero-order chi connectivity index (χ0) is 20.4. The molecule has 0 N–H and O–H groups in total. The molecule has 150 valence electrons. The molecule has 1 aromatic heterocycles. The van der Waals surface area contributed by atoms with Crippen molar-refractivity contribution < 1.29 is 14.3 Å². The highest BCUT2D eigenvalue weighted by Crippen LogP contribution is 2.33. The third kappa shape index (κ3) is 4.32. The van der Waals surface area contributed by atoms with E-state index in [4.69, 9.17) is 9.72 Å². The van der Waals surface area contributed by atoms with Crippen molar-refractivity contribution >= 4 is 33.4 Å². The lowest BCUT2D eigenvalue weighted by Gasteiger charge is -2.31. The molecule has 29 heavy (non-hydrogen) atoms. The molecule has 0 radical (unpaired) electrons. The number of para-hydroxylation sites is 1. The number of aryl methyl sites for hydroxylation is 2. The van der Waals surface area contributed by atoms with Crippen LogP contribution in [-0.2, 0) is 9.53 Å². The van der Waals surface area contributed by atoms with E-state index in [1.54, 1.807) is 22.3 Å². The lowest BCUT2D eigenvalue weighted by Crippen LogP contribution is -2.41. The first-order valence-electron chi connectivity index (χ1n) is 9.89. The Hall–Kier alpha value is -2.73. The van der Waals surface area contributed by atoms with Gasteiger partial charge in [0.2, 0.25) is 0 Å². The van der Waals surface area contributed by atoms with E-state index in [0.29, 0.717) is 18.7 Å². The number of fused-ring (bicyclic) bond motifs is 1. The van der Waals surface area contributed by atoms with Crippen molar-refractivity contribution in [3.8, 4) is 0 Å². The predicted octanol–water partition coefficient (Wildman–Crippen LogP) is 4.48. The monoisotopic (exact) mass is 408 g/mol. The molecule has 0 spiro atoms. The quantitative estimate of drug-likeness (QED) is 0.598. The largest absolute Gasteiger partial charge is 0.452 e. The average Bonchev–Trinajstić information content (AvgIpc) is 3.18. The van der Waals surface area contributed by atoms with Crippen molar-refractivity contribution in [2.45, 2.75) is 32.6 Å². The second kappa shape index (κ2) is 8.33. The first kappa shape index (κ1) is 19.6. The Bertz CT molecular complexity index is 1030. The number of carbonyl (C=O) groups excluding carboxylic acids is 2. The summed E-state index contributed by atoms with van der Waals surface area (Å²) in [4.78, 5) is 31.6. The molecule has 4 rings (SSSR count). The number of hydrogen-bond donors (Lipinski definition) is 0. The fourth-order valence-corrected chi connectivity index (χ4v) is 4.82. The second-order valence-electron chi connectivity index (χ2n) is 7.59. The molecule has 5 nitrogen and oxygen atoms in total. The predicted molar refractivity (Wildman–Crippen MR) is 114 cm³/mol. The first-order valence-corrected chi connectivity index (χ1v) is 10.7. The van der Waals surface area contributed by atoms with Gasteiger partial charge in [0.25, 0.3) is 5.91 Å². The van der Waals surface area contributed by atoms with Crippen LogP contribution in [0.5, 0.6) is 0 Å². The van der Waals surface area contributed by atoms with Gasteiger partial charge >= 0.3 is 5.97 Å². The lowest BCUT2D eigenvalue weighted by molar-refractivity contribution is -0.135. The van der Waals surface area contributed by atoms with Crippen LogP contribution in [0.2, 0.25) is 0 Å². The maximum Gasteiger partial charge on any atom is 0.338 e. The van der Waals surface area contributed by atoms with Crippen LogP contribution in [-0.4, -0.2) is 41.5 Å². The van der Waals surface area contributed by atoms with Crippen molar-refractivity contribution in [3.63, 3.8) is 0 Å². The molecule has 1 saturated heterocycles. The third-order valence-corrected chi connectivity index (χ3v) is 6.57. The molecule has 1 aliphatic heterocycles. The van der Waals surface area contributed by atoms with Crippen molar-refractivity contribution in [2.75, 3.05) is 19.7 Å². The van der Waals surface area contributed by atoms with E-state index in [1.807, 2.05) is 44.2 Å². The average molecular weight is 409 g/mol. The highest BCUT2D eigenvalue weighted by molar-refractivity contribution is 7.18. The minimum atomic E-state index is -0.445. The van der Waals surface area contributed by atoms with Gasteiger partial charge < -0.3 is 9.64 Å². The number of rotatable bonds is 4. The summed E-state index contributed by atoms with van der Waals surface area (Å²) in [6, 6.07) is 13.8. The van der Waals surface area contributed by atoms with E-state index in [1.165, 1.54) is 4.70 Å². The highest BCUT2D eigenvalue weighted by Gasteiger charge is 2.27. The van der Waals surface area contributed by atoms with Crippen LogP contribution in [0.4, 0.5) is 0 Å². The minimum Gasteiger partial charge on any atom is -0.452 e. The summed E-state index contributed by atoms with van der Waals surface area (Å²) in [5.41, 5.74) is 3.37. The number of amides is 1. The van der Waals surface area contributed by atoms with Gasteiger partial charge in [0.15, 0.2) is 6.61 Å². The van der Waals surface area contributed by atoms with Crippen LogP contribution < -0.4 is 0 Å². The van der Waals surface area contributed by atoms with Crippen LogP contribution in [0.15, 0.2) is 42.5 Å². The van der Waals surface area contributed by atoms with Crippen molar-refractivity contribution in [1.29, 1.82) is 0 Å². The molecule has 0 aliphatic carbocycles. The van der Waals surface area contributed by atoms with Gasteiger partial charge in [-0.3, -0.25) is 4.79 Å². The maximum absolute atomic E-state index is 12.7. The number of carbonyl (C=O) groups is 2. The van der Waals surface area contributed by atoms with Crippen LogP contribution >= 0.6 is 11.3 Å². The Kier molecular flexibility index (Phi) is 5.62. The highest BCUT2D eigenvalue weighted by atomic mass is 32.1. The minimum absolute atomic E-state index is 0.144. The fourth-order valence-electron chi connectivity index (χ4n) is 3.72. The summed E-state index contributed by atoms with van der Waals surface area (Å²) in [6.07, 6.45) is 1.95. The molecule has 0 bridgehead atoms. The van der Waals surface area contributed by atoms with E-state index in [-0.39, 0.29) is 18.4 Å².